The second-order valence-electron chi connectivity index (χ2n) is 6.74. The Morgan fingerprint density at radius 2 is 1.96 bits per heavy atom. The highest BCUT2D eigenvalue weighted by atomic mass is 16.5. The van der Waals surface area contributed by atoms with Gasteiger partial charge in [0.1, 0.15) is 18.1 Å². The van der Waals surface area contributed by atoms with Crippen molar-refractivity contribution in [3.05, 3.63) is 71.4 Å². The first-order valence-corrected chi connectivity index (χ1v) is 9.73. The molecule has 6 nitrogen and oxygen atoms in total. The molecule has 28 heavy (non-hydrogen) atoms. The zero-order chi connectivity index (χ0) is 19.9. The second-order valence-corrected chi connectivity index (χ2v) is 6.74. The van der Waals surface area contributed by atoms with E-state index in [2.05, 4.69) is 29.5 Å². The molecule has 0 bridgehead atoms. The Balaban J connectivity index is 1.53. The van der Waals surface area contributed by atoms with Gasteiger partial charge in [-0.2, -0.15) is 5.10 Å². The Hall–Kier alpha value is -3.02. The number of nitrogens with zero attached hydrogens (tertiary/aromatic N) is 2. The molecule has 1 unspecified atom stereocenters. The van der Waals surface area contributed by atoms with Gasteiger partial charge < -0.3 is 14.5 Å². The summed E-state index contributed by atoms with van der Waals surface area (Å²) < 4.78 is 13.2. The predicted octanol–water partition coefficient (Wildman–Crippen LogP) is 4.52. The number of carbonyl (C=O) groups is 1. The summed E-state index contributed by atoms with van der Waals surface area (Å²) in [5.41, 5.74) is 2.11. The summed E-state index contributed by atoms with van der Waals surface area (Å²) in [6.07, 6.45) is 4.08. The normalized spacial score (nSPS) is 12.0. The van der Waals surface area contributed by atoms with Crippen LogP contribution in [0.3, 0.4) is 0 Å². The number of furan rings is 1. The van der Waals surface area contributed by atoms with Crippen LogP contribution in [0.1, 0.15) is 60.8 Å². The lowest BCUT2D eigenvalue weighted by molar-refractivity contribution is 0.0907. The van der Waals surface area contributed by atoms with Crippen molar-refractivity contribution in [3.8, 4) is 5.75 Å². The van der Waals surface area contributed by atoms with Gasteiger partial charge in [0, 0.05) is 12.7 Å². The van der Waals surface area contributed by atoms with Crippen LogP contribution in [0.4, 0.5) is 0 Å². The molecular formula is C22H27N3O3. The maximum absolute atomic E-state index is 12.4. The van der Waals surface area contributed by atoms with Gasteiger partial charge in [-0.25, -0.2) is 0 Å². The van der Waals surface area contributed by atoms with E-state index < -0.39 is 0 Å². The Bertz CT molecular complexity index is 896. The fourth-order valence-electron chi connectivity index (χ4n) is 2.90. The first kappa shape index (κ1) is 19.7. The fraction of sp³-hybridized carbons (Fsp3) is 0.364. The highest BCUT2D eigenvalue weighted by molar-refractivity contribution is 5.91. The summed E-state index contributed by atoms with van der Waals surface area (Å²) in [6.45, 7) is 7.15. The number of aromatic nitrogens is 2. The molecule has 1 aromatic carbocycles. The average molecular weight is 381 g/mol. The number of rotatable bonds is 9. The molecule has 0 radical (unpaired) electrons. The molecule has 0 saturated carbocycles. The Morgan fingerprint density at radius 3 is 2.64 bits per heavy atom. The van der Waals surface area contributed by atoms with Crippen molar-refractivity contribution in [2.75, 3.05) is 0 Å². The third-order valence-electron chi connectivity index (χ3n) is 4.51. The van der Waals surface area contributed by atoms with Crippen LogP contribution in [0.25, 0.3) is 0 Å². The number of aryl methyl sites for hydroxylation is 2. The molecule has 2 heterocycles. The van der Waals surface area contributed by atoms with Gasteiger partial charge >= 0.3 is 0 Å². The van der Waals surface area contributed by atoms with Gasteiger partial charge in [-0.1, -0.05) is 25.5 Å². The summed E-state index contributed by atoms with van der Waals surface area (Å²) in [5.74, 6) is 1.38. The maximum Gasteiger partial charge on any atom is 0.287 e. The molecular weight excluding hydrogens is 354 g/mol. The number of carbonyl (C=O) groups excluding carboxylic acids is 1. The number of benzene rings is 1. The van der Waals surface area contributed by atoms with Crippen LogP contribution in [0.5, 0.6) is 5.75 Å². The lowest BCUT2D eigenvalue weighted by Gasteiger charge is -2.10. The topological polar surface area (TPSA) is 69.3 Å². The first-order valence-electron chi connectivity index (χ1n) is 9.73. The molecule has 0 spiro atoms. The standard InChI is InChI=1S/C22H27N3O3/c1-4-6-17-7-9-18(10-8-17)27-15-19-11-12-21(28-19)22(26)23-16(3)20-13-14-25(5-2)24-20/h7-14,16H,4-6,15H2,1-3H3,(H,23,26). The highest BCUT2D eigenvalue weighted by Gasteiger charge is 2.16. The molecule has 0 aliphatic rings. The second kappa shape index (κ2) is 9.26. The average Bonchev–Trinajstić information content (AvgIpc) is 3.37. The Kier molecular flexibility index (Phi) is 6.53. The summed E-state index contributed by atoms with van der Waals surface area (Å²) in [4.78, 5) is 12.4. The van der Waals surface area contributed by atoms with Crippen molar-refractivity contribution in [2.24, 2.45) is 0 Å². The van der Waals surface area contributed by atoms with E-state index in [4.69, 9.17) is 9.15 Å². The lowest BCUT2D eigenvalue weighted by Crippen LogP contribution is -2.26. The van der Waals surface area contributed by atoms with Crippen molar-refractivity contribution in [2.45, 2.75) is 52.8 Å². The molecule has 3 rings (SSSR count). The molecule has 1 atom stereocenters. The molecule has 3 aromatic rings. The summed E-state index contributed by atoms with van der Waals surface area (Å²) in [5, 5.41) is 7.32. The van der Waals surface area contributed by atoms with Crippen molar-refractivity contribution in [1.29, 1.82) is 0 Å². The van der Waals surface area contributed by atoms with Gasteiger partial charge in [0.2, 0.25) is 0 Å². The van der Waals surface area contributed by atoms with Gasteiger partial charge in [-0.3, -0.25) is 9.48 Å². The largest absolute Gasteiger partial charge is 0.486 e. The third-order valence-corrected chi connectivity index (χ3v) is 4.51. The number of amides is 1. The Morgan fingerprint density at radius 1 is 1.18 bits per heavy atom. The minimum atomic E-state index is -0.270. The van der Waals surface area contributed by atoms with E-state index >= 15 is 0 Å². The zero-order valence-corrected chi connectivity index (χ0v) is 16.6. The van der Waals surface area contributed by atoms with E-state index in [9.17, 15) is 4.79 Å². The zero-order valence-electron chi connectivity index (χ0n) is 16.6. The molecule has 2 aromatic heterocycles. The molecule has 0 aliphatic carbocycles. The monoisotopic (exact) mass is 381 g/mol. The van der Waals surface area contributed by atoms with E-state index in [1.165, 1.54) is 5.56 Å². The SMILES string of the molecule is CCCc1ccc(OCc2ccc(C(=O)NC(C)c3ccn(CC)n3)o2)cc1. The van der Waals surface area contributed by atoms with E-state index in [1.54, 1.807) is 12.1 Å². The van der Waals surface area contributed by atoms with Crippen LogP contribution in [0.2, 0.25) is 0 Å². The van der Waals surface area contributed by atoms with E-state index in [1.807, 2.05) is 42.9 Å². The minimum Gasteiger partial charge on any atom is -0.486 e. The molecule has 1 amide bonds. The van der Waals surface area contributed by atoms with Crippen molar-refractivity contribution in [3.63, 3.8) is 0 Å². The van der Waals surface area contributed by atoms with Gasteiger partial charge in [0.15, 0.2) is 5.76 Å². The fourth-order valence-corrected chi connectivity index (χ4v) is 2.90. The summed E-state index contributed by atoms with van der Waals surface area (Å²) >= 11 is 0. The van der Waals surface area contributed by atoms with Crippen LogP contribution in [0, 0.1) is 0 Å². The third kappa shape index (κ3) is 5.03. The molecule has 0 aliphatic heterocycles. The van der Waals surface area contributed by atoms with Gasteiger partial charge in [0.05, 0.1) is 11.7 Å². The molecule has 0 saturated heterocycles. The molecule has 6 heteroatoms. The molecule has 1 N–H and O–H groups in total. The number of nitrogens with one attached hydrogen (secondary N) is 1. The number of hydrogen-bond donors (Lipinski definition) is 1. The van der Waals surface area contributed by atoms with Gasteiger partial charge in [-0.15, -0.1) is 0 Å². The van der Waals surface area contributed by atoms with Crippen molar-refractivity contribution >= 4 is 5.91 Å². The van der Waals surface area contributed by atoms with E-state index in [-0.39, 0.29) is 24.3 Å². The number of ether oxygens (including phenoxy) is 1. The summed E-state index contributed by atoms with van der Waals surface area (Å²) in [6, 6.07) is 13.2. The van der Waals surface area contributed by atoms with Crippen molar-refractivity contribution in [1.82, 2.24) is 15.1 Å². The van der Waals surface area contributed by atoms with Crippen LogP contribution in [0.15, 0.2) is 53.1 Å². The number of hydrogen-bond acceptors (Lipinski definition) is 4. The van der Waals surface area contributed by atoms with Crippen LogP contribution in [-0.4, -0.2) is 15.7 Å². The molecule has 148 valence electrons. The van der Waals surface area contributed by atoms with Crippen LogP contribution < -0.4 is 10.1 Å². The predicted molar refractivity (Wildman–Crippen MR) is 107 cm³/mol. The molecule has 0 fully saturated rings. The quantitative estimate of drug-likeness (QED) is 0.592. The van der Waals surface area contributed by atoms with E-state index in [0.717, 1.165) is 30.8 Å². The highest BCUT2D eigenvalue weighted by Crippen LogP contribution is 2.17. The van der Waals surface area contributed by atoms with Gasteiger partial charge in [-0.05, 0) is 56.2 Å². The van der Waals surface area contributed by atoms with Gasteiger partial charge in [0.25, 0.3) is 5.91 Å². The maximum atomic E-state index is 12.4. The van der Waals surface area contributed by atoms with Crippen LogP contribution in [-0.2, 0) is 19.6 Å². The summed E-state index contributed by atoms with van der Waals surface area (Å²) in [7, 11) is 0. The van der Waals surface area contributed by atoms with Crippen molar-refractivity contribution < 1.29 is 13.9 Å². The van der Waals surface area contributed by atoms with E-state index in [0.29, 0.717) is 5.76 Å². The first-order chi connectivity index (χ1) is 13.6. The minimum absolute atomic E-state index is 0.202. The lowest BCUT2D eigenvalue weighted by atomic mass is 10.1. The van der Waals surface area contributed by atoms with Crippen LogP contribution >= 0.6 is 0 Å². The smallest absolute Gasteiger partial charge is 0.287 e. The Labute approximate surface area is 165 Å².